The lowest BCUT2D eigenvalue weighted by Gasteiger charge is -2.20. The van der Waals surface area contributed by atoms with Gasteiger partial charge in [-0.3, -0.25) is 4.68 Å². The minimum atomic E-state index is 0.220. The number of rotatable bonds is 6. The van der Waals surface area contributed by atoms with Crippen molar-refractivity contribution < 1.29 is 0 Å². The predicted molar refractivity (Wildman–Crippen MR) is 87.5 cm³/mol. The molecule has 0 amide bonds. The Morgan fingerprint density at radius 2 is 1.81 bits per heavy atom. The van der Waals surface area contributed by atoms with Crippen LogP contribution in [0.15, 0.2) is 60.8 Å². The first kappa shape index (κ1) is 13.8. The van der Waals surface area contributed by atoms with Gasteiger partial charge in [-0.2, -0.15) is 5.10 Å². The van der Waals surface area contributed by atoms with Crippen LogP contribution in [0.2, 0.25) is 0 Å². The molecule has 0 aliphatic rings. The summed E-state index contributed by atoms with van der Waals surface area (Å²) in [5.41, 5.74) is 2.47. The maximum Gasteiger partial charge on any atom is 0.0900 e. The summed E-state index contributed by atoms with van der Waals surface area (Å²) >= 11 is 0. The van der Waals surface area contributed by atoms with E-state index in [9.17, 15) is 0 Å². The minimum Gasteiger partial charge on any atom is -0.314 e. The Morgan fingerprint density at radius 1 is 1.05 bits per heavy atom. The van der Waals surface area contributed by atoms with Gasteiger partial charge in [0, 0.05) is 11.9 Å². The van der Waals surface area contributed by atoms with E-state index in [1.165, 1.54) is 16.5 Å². The first-order valence-electron chi connectivity index (χ1n) is 7.58. The first-order valence-corrected chi connectivity index (χ1v) is 7.58. The Kier molecular flexibility index (Phi) is 4.31. The fraction of sp³-hybridized carbons (Fsp3) is 0.278. The second-order valence-corrected chi connectivity index (χ2v) is 5.28. The van der Waals surface area contributed by atoms with Crippen LogP contribution in [-0.2, 0) is 0 Å². The Balaban J connectivity index is 1.98. The highest BCUT2D eigenvalue weighted by atomic mass is 15.3. The Hall–Kier alpha value is -2.13. The van der Waals surface area contributed by atoms with E-state index in [2.05, 4.69) is 76.6 Å². The number of aromatic nitrogens is 2. The maximum atomic E-state index is 4.63. The van der Waals surface area contributed by atoms with Crippen molar-refractivity contribution in [1.82, 2.24) is 15.1 Å². The summed E-state index contributed by atoms with van der Waals surface area (Å²) in [5, 5.41) is 9.34. The van der Waals surface area contributed by atoms with E-state index in [1.807, 2.05) is 6.20 Å². The molecule has 0 saturated heterocycles. The minimum absolute atomic E-state index is 0.220. The third-order valence-corrected chi connectivity index (χ3v) is 3.75. The molecule has 0 aliphatic carbocycles. The molecule has 2 aromatic carbocycles. The highest BCUT2D eigenvalue weighted by Gasteiger charge is 2.16. The zero-order valence-corrected chi connectivity index (χ0v) is 12.4. The van der Waals surface area contributed by atoms with Gasteiger partial charge in [0.1, 0.15) is 0 Å². The molecule has 0 fully saturated rings. The van der Waals surface area contributed by atoms with E-state index in [1.54, 1.807) is 0 Å². The number of benzene rings is 2. The van der Waals surface area contributed by atoms with Crippen LogP contribution >= 0.6 is 0 Å². The number of nitrogens with zero attached hydrogens (tertiary/aromatic N) is 2. The van der Waals surface area contributed by atoms with E-state index in [4.69, 9.17) is 0 Å². The molecule has 3 heteroatoms. The van der Waals surface area contributed by atoms with Gasteiger partial charge >= 0.3 is 0 Å². The van der Waals surface area contributed by atoms with E-state index in [0.717, 1.165) is 19.5 Å². The number of fused-ring (bicyclic) bond motifs is 1. The van der Waals surface area contributed by atoms with Gasteiger partial charge in [0.15, 0.2) is 0 Å². The van der Waals surface area contributed by atoms with Gasteiger partial charge in [0.05, 0.1) is 17.8 Å². The largest absolute Gasteiger partial charge is 0.314 e. The lowest BCUT2D eigenvalue weighted by molar-refractivity contribution is 0.492. The molecular weight excluding hydrogens is 258 g/mol. The lowest BCUT2D eigenvalue weighted by atomic mass is 10.1. The van der Waals surface area contributed by atoms with Gasteiger partial charge in [-0.15, -0.1) is 0 Å². The number of hydrogen-bond acceptors (Lipinski definition) is 2. The van der Waals surface area contributed by atoms with Gasteiger partial charge in [0.2, 0.25) is 0 Å². The van der Waals surface area contributed by atoms with E-state index < -0.39 is 0 Å². The van der Waals surface area contributed by atoms with Crippen LogP contribution in [0.4, 0.5) is 0 Å². The van der Waals surface area contributed by atoms with Crippen molar-refractivity contribution in [3.63, 3.8) is 0 Å². The average Bonchev–Trinajstić information content (AvgIpc) is 2.96. The summed E-state index contributed by atoms with van der Waals surface area (Å²) in [5.74, 6) is 0. The van der Waals surface area contributed by atoms with Crippen LogP contribution < -0.4 is 5.32 Å². The molecule has 3 aromatic rings. The lowest BCUT2D eigenvalue weighted by Crippen LogP contribution is -2.27. The smallest absolute Gasteiger partial charge is 0.0900 e. The highest BCUT2D eigenvalue weighted by Crippen LogP contribution is 2.22. The third kappa shape index (κ3) is 2.98. The Bertz CT molecular complexity index is 688. The summed E-state index contributed by atoms with van der Waals surface area (Å²) in [7, 11) is 0. The fourth-order valence-corrected chi connectivity index (χ4v) is 2.68. The molecule has 0 saturated carbocycles. The van der Waals surface area contributed by atoms with Gasteiger partial charge in [0.25, 0.3) is 0 Å². The van der Waals surface area contributed by atoms with Crippen LogP contribution in [-0.4, -0.2) is 22.9 Å². The van der Waals surface area contributed by atoms with Gasteiger partial charge in [-0.1, -0.05) is 55.5 Å². The number of para-hydroxylation sites is 1. The quantitative estimate of drug-likeness (QED) is 0.698. The number of nitrogens with one attached hydrogen (secondary N) is 1. The zero-order valence-electron chi connectivity index (χ0n) is 12.4. The van der Waals surface area contributed by atoms with Crippen molar-refractivity contribution in [3.8, 4) is 0 Å². The molecule has 0 aliphatic heterocycles. The Morgan fingerprint density at radius 3 is 2.62 bits per heavy atom. The standard InChI is InChI=1S/C18H21N3/c1-2-12-19-14-18(15-8-4-3-5-9-15)21-17-11-7-6-10-16(17)13-20-21/h3-11,13,18-19H,2,12,14H2,1H3. The second-order valence-electron chi connectivity index (χ2n) is 5.28. The van der Waals surface area contributed by atoms with Crippen molar-refractivity contribution in [3.05, 3.63) is 66.4 Å². The molecule has 21 heavy (non-hydrogen) atoms. The topological polar surface area (TPSA) is 29.9 Å². The predicted octanol–water partition coefficient (Wildman–Crippen LogP) is 3.63. The van der Waals surface area contributed by atoms with Gasteiger partial charge in [-0.25, -0.2) is 0 Å². The van der Waals surface area contributed by atoms with Crippen LogP contribution in [0.1, 0.15) is 24.9 Å². The number of hydrogen-bond donors (Lipinski definition) is 1. The van der Waals surface area contributed by atoms with Crippen molar-refractivity contribution in [1.29, 1.82) is 0 Å². The maximum absolute atomic E-state index is 4.63. The van der Waals surface area contributed by atoms with E-state index in [-0.39, 0.29) is 6.04 Å². The van der Waals surface area contributed by atoms with E-state index >= 15 is 0 Å². The molecule has 0 radical (unpaired) electrons. The molecule has 0 spiro atoms. The third-order valence-electron chi connectivity index (χ3n) is 3.75. The summed E-state index contributed by atoms with van der Waals surface area (Å²) in [4.78, 5) is 0. The normalized spacial score (nSPS) is 12.6. The van der Waals surface area contributed by atoms with E-state index in [0.29, 0.717) is 0 Å². The molecular formula is C18H21N3. The molecule has 1 atom stereocenters. The molecule has 1 unspecified atom stereocenters. The summed E-state index contributed by atoms with van der Waals surface area (Å²) in [6.45, 7) is 4.11. The summed E-state index contributed by atoms with van der Waals surface area (Å²) < 4.78 is 2.13. The molecule has 108 valence electrons. The van der Waals surface area contributed by atoms with Crippen LogP contribution in [0.5, 0.6) is 0 Å². The second kappa shape index (κ2) is 6.55. The zero-order chi connectivity index (χ0) is 14.5. The molecule has 1 heterocycles. The summed E-state index contributed by atoms with van der Waals surface area (Å²) in [6, 6.07) is 19.2. The molecule has 3 nitrogen and oxygen atoms in total. The van der Waals surface area contributed by atoms with Crippen LogP contribution in [0.25, 0.3) is 10.9 Å². The highest BCUT2D eigenvalue weighted by molar-refractivity contribution is 5.78. The SMILES string of the molecule is CCCNCC(c1ccccc1)n1ncc2ccccc21. The van der Waals surface area contributed by atoms with Crippen molar-refractivity contribution in [2.45, 2.75) is 19.4 Å². The van der Waals surface area contributed by atoms with Crippen molar-refractivity contribution >= 4 is 10.9 Å². The van der Waals surface area contributed by atoms with Gasteiger partial charge in [-0.05, 0) is 24.6 Å². The average molecular weight is 279 g/mol. The molecule has 1 aromatic heterocycles. The summed E-state index contributed by atoms with van der Waals surface area (Å²) in [6.07, 6.45) is 3.09. The molecule has 0 bridgehead atoms. The van der Waals surface area contributed by atoms with Crippen molar-refractivity contribution in [2.24, 2.45) is 0 Å². The first-order chi connectivity index (χ1) is 10.4. The molecule has 3 rings (SSSR count). The Labute approximate surface area is 125 Å². The monoisotopic (exact) mass is 279 g/mol. The van der Waals surface area contributed by atoms with Crippen LogP contribution in [0.3, 0.4) is 0 Å². The fourth-order valence-electron chi connectivity index (χ4n) is 2.68. The van der Waals surface area contributed by atoms with Crippen LogP contribution in [0, 0.1) is 0 Å². The van der Waals surface area contributed by atoms with Crippen molar-refractivity contribution in [2.75, 3.05) is 13.1 Å². The molecule has 1 N–H and O–H groups in total. The van der Waals surface area contributed by atoms with Gasteiger partial charge < -0.3 is 5.32 Å².